The molecule has 26 heavy (non-hydrogen) atoms. The summed E-state index contributed by atoms with van der Waals surface area (Å²) in [4.78, 5) is 0. The van der Waals surface area contributed by atoms with Crippen molar-refractivity contribution in [3.05, 3.63) is 33.9 Å². The van der Waals surface area contributed by atoms with E-state index in [0.717, 1.165) is 0 Å². The first-order valence-electron chi connectivity index (χ1n) is 5.72. The number of halogens is 12. The number of hydrogen-bond acceptors (Lipinski definition) is 2. The van der Waals surface area contributed by atoms with Crippen LogP contribution in [-0.4, -0.2) is 12.4 Å². The fourth-order valence-electron chi connectivity index (χ4n) is 1.80. The Labute approximate surface area is 134 Å². The van der Waals surface area contributed by atoms with Gasteiger partial charge in [-0.2, -0.15) is 54.4 Å². The highest BCUT2D eigenvalue weighted by molar-refractivity contribution is 5.58. The first-order chi connectivity index (χ1) is 11.5. The Kier molecular flexibility index (Phi) is 4.91. The van der Waals surface area contributed by atoms with Gasteiger partial charge in [0.1, 0.15) is 17.7 Å². The van der Waals surface area contributed by atoms with Crippen LogP contribution in [0.3, 0.4) is 0 Å². The number of nitrogens with zero attached hydrogens (tertiary/aromatic N) is 2. The van der Waals surface area contributed by atoms with E-state index in [2.05, 4.69) is 0 Å². The van der Waals surface area contributed by atoms with Crippen molar-refractivity contribution in [3.63, 3.8) is 0 Å². The third-order valence-electron chi connectivity index (χ3n) is 2.95. The normalized spacial score (nSPS) is 13.3. The minimum atomic E-state index is -6.79. The van der Waals surface area contributed by atoms with Gasteiger partial charge in [0, 0.05) is 0 Å². The van der Waals surface area contributed by atoms with Crippen molar-refractivity contribution in [1.82, 2.24) is 0 Å². The predicted molar refractivity (Wildman–Crippen MR) is 55.7 cm³/mol. The molecule has 0 amide bonds. The van der Waals surface area contributed by atoms with E-state index < -0.39 is 58.1 Å². The van der Waals surface area contributed by atoms with E-state index in [1.165, 1.54) is 0 Å². The second-order valence-corrected chi connectivity index (χ2v) is 4.50. The topological polar surface area (TPSA) is 47.6 Å². The molecule has 1 rings (SSSR count). The SMILES string of the molecule is N#Cc1c(F)c(F)c(C(F)(F)C(F)(F)F)c(C#N)c1C(F)(F)C(F)(F)F. The Bertz CT molecular complexity index is 819. The van der Waals surface area contributed by atoms with Crippen molar-refractivity contribution in [2.45, 2.75) is 24.2 Å². The zero-order chi connectivity index (χ0) is 20.9. The van der Waals surface area contributed by atoms with E-state index in [1.807, 2.05) is 0 Å². The molecule has 0 spiro atoms. The van der Waals surface area contributed by atoms with Gasteiger partial charge in [0.25, 0.3) is 0 Å². The van der Waals surface area contributed by atoms with E-state index in [9.17, 15) is 52.7 Å². The summed E-state index contributed by atoms with van der Waals surface area (Å²) in [6, 6.07) is 0.448. The van der Waals surface area contributed by atoms with Gasteiger partial charge in [0.2, 0.25) is 0 Å². The fourth-order valence-corrected chi connectivity index (χ4v) is 1.80. The molecule has 0 bridgehead atoms. The van der Waals surface area contributed by atoms with Gasteiger partial charge in [0.15, 0.2) is 11.6 Å². The maximum Gasteiger partial charge on any atom is 0.458 e. The number of nitriles is 2. The van der Waals surface area contributed by atoms with Gasteiger partial charge in [-0.1, -0.05) is 0 Å². The monoisotopic (exact) mass is 400 g/mol. The first-order valence-corrected chi connectivity index (χ1v) is 5.72. The summed E-state index contributed by atoms with van der Waals surface area (Å²) >= 11 is 0. The molecule has 14 heteroatoms. The summed E-state index contributed by atoms with van der Waals surface area (Å²) in [5, 5.41) is 17.0. The van der Waals surface area contributed by atoms with Crippen LogP contribution in [-0.2, 0) is 11.8 Å². The molecule has 0 saturated heterocycles. The second kappa shape index (κ2) is 5.96. The number of rotatable bonds is 2. The summed E-state index contributed by atoms with van der Waals surface area (Å²) in [6.45, 7) is 0. The van der Waals surface area contributed by atoms with E-state index in [4.69, 9.17) is 10.5 Å². The van der Waals surface area contributed by atoms with Crippen LogP contribution < -0.4 is 0 Å². The molecular weight excluding hydrogens is 400 g/mol. The summed E-state index contributed by atoms with van der Waals surface area (Å²) < 4.78 is 155. The molecule has 1 aromatic carbocycles. The van der Waals surface area contributed by atoms with Gasteiger partial charge < -0.3 is 0 Å². The van der Waals surface area contributed by atoms with Crippen LogP contribution in [0.25, 0.3) is 0 Å². The maximum absolute atomic E-state index is 13.6. The summed E-state index contributed by atoms with van der Waals surface area (Å²) in [7, 11) is 0. The van der Waals surface area contributed by atoms with E-state index in [-0.39, 0.29) is 6.07 Å². The van der Waals surface area contributed by atoms with Crippen LogP contribution in [0.5, 0.6) is 0 Å². The van der Waals surface area contributed by atoms with Gasteiger partial charge in [-0.05, 0) is 0 Å². The zero-order valence-corrected chi connectivity index (χ0v) is 11.4. The highest BCUT2D eigenvalue weighted by Gasteiger charge is 2.66. The van der Waals surface area contributed by atoms with Crippen LogP contribution in [0.2, 0.25) is 0 Å². The van der Waals surface area contributed by atoms with E-state index in [0.29, 0.717) is 6.07 Å². The molecule has 0 aromatic heterocycles. The van der Waals surface area contributed by atoms with Crippen molar-refractivity contribution >= 4 is 0 Å². The Balaban J connectivity index is 4.27. The summed E-state index contributed by atoms with van der Waals surface area (Å²) in [5.74, 6) is -19.3. The molecule has 0 radical (unpaired) electrons. The molecule has 0 aliphatic heterocycles. The minimum Gasteiger partial charge on any atom is -0.203 e. The van der Waals surface area contributed by atoms with Crippen LogP contribution in [0.4, 0.5) is 52.7 Å². The van der Waals surface area contributed by atoms with E-state index in [1.54, 1.807) is 0 Å². The maximum atomic E-state index is 13.6. The molecule has 0 aliphatic rings. The van der Waals surface area contributed by atoms with Crippen LogP contribution in [0.15, 0.2) is 0 Å². The van der Waals surface area contributed by atoms with Gasteiger partial charge in [-0.25, -0.2) is 8.78 Å². The van der Waals surface area contributed by atoms with Gasteiger partial charge in [-0.15, -0.1) is 0 Å². The van der Waals surface area contributed by atoms with Crippen LogP contribution >= 0.6 is 0 Å². The lowest BCUT2D eigenvalue weighted by Crippen LogP contribution is -2.40. The molecule has 1 aromatic rings. The standard InChI is InChI=1S/C12F12N2/c13-7-4(2-26)5(9(15,16)11(19,20)21)3(1-25)6(8(7)14)10(17,18)12(22,23)24. The van der Waals surface area contributed by atoms with Gasteiger partial charge in [0.05, 0.1) is 16.7 Å². The third-order valence-corrected chi connectivity index (χ3v) is 2.95. The average Bonchev–Trinajstić information content (AvgIpc) is 2.46. The van der Waals surface area contributed by atoms with E-state index >= 15 is 0 Å². The molecule has 0 atom stereocenters. The van der Waals surface area contributed by atoms with Crippen molar-refractivity contribution in [1.29, 1.82) is 10.5 Å². The fraction of sp³-hybridized carbons (Fsp3) is 0.333. The molecule has 0 aliphatic carbocycles. The van der Waals surface area contributed by atoms with Crippen molar-refractivity contribution in [2.24, 2.45) is 0 Å². The minimum absolute atomic E-state index is 0.146. The molecule has 0 fully saturated rings. The smallest absolute Gasteiger partial charge is 0.203 e. The van der Waals surface area contributed by atoms with Gasteiger partial charge >= 0.3 is 24.2 Å². The summed E-state index contributed by atoms with van der Waals surface area (Å²) in [6.07, 6.45) is -13.5. The highest BCUT2D eigenvalue weighted by Crippen LogP contribution is 2.52. The molecular formula is C12F12N2. The Morgan fingerprint density at radius 2 is 0.885 bits per heavy atom. The molecule has 142 valence electrons. The molecule has 2 nitrogen and oxygen atoms in total. The second-order valence-electron chi connectivity index (χ2n) is 4.50. The molecule has 0 N–H and O–H groups in total. The first kappa shape index (κ1) is 21.4. The molecule has 0 unspecified atom stereocenters. The predicted octanol–water partition coefficient (Wildman–Crippen LogP) is 5.02. The van der Waals surface area contributed by atoms with Gasteiger partial charge in [-0.3, -0.25) is 0 Å². The number of alkyl halides is 10. The number of benzene rings is 1. The Morgan fingerprint density at radius 3 is 1.19 bits per heavy atom. The lowest BCUT2D eigenvalue weighted by molar-refractivity contribution is -0.293. The molecule has 0 heterocycles. The largest absolute Gasteiger partial charge is 0.458 e. The van der Waals surface area contributed by atoms with Crippen LogP contribution in [0.1, 0.15) is 22.3 Å². The Hall–Kier alpha value is -2.64. The lowest BCUT2D eigenvalue weighted by atomic mass is 9.88. The zero-order valence-electron chi connectivity index (χ0n) is 11.4. The lowest BCUT2D eigenvalue weighted by Gasteiger charge is -2.27. The number of hydrogen-bond donors (Lipinski definition) is 0. The quantitative estimate of drug-likeness (QED) is 0.655. The summed E-state index contributed by atoms with van der Waals surface area (Å²) in [5.41, 5.74) is -11.9. The van der Waals surface area contributed by atoms with Crippen molar-refractivity contribution < 1.29 is 52.7 Å². The molecule has 0 saturated carbocycles. The third kappa shape index (κ3) is 2.89. The Morgan fingerprint density at radius 1 is 0.538 bits per heavy atom. The average molecular weight is 400 g/mol. The van der Waals surface area contributed by atoms with Crippen molar-refractivity contribution in [3.8, 4) is 12.1 Å². The van der Waals surface area contributed by atoms with Crippen molar-refractivity contribution in [2.75, 3.05) is 0 Å². The highest BCUT2D eigenvalue weighted by atomic mass is 19.4. The van der Waals surface area contributed by atoms with Crippen LogP contribution in [0, 0.1) is 34.3 Å².